The summed E-state index contributed by atoms with van der Waals surface area (Å²) in [6.45, 7) is 2.26. The van der Waals surface area contributed by atoms with E-state index < -0.39 is 23.9 Å². The Kier molecular flexibility index (Phi) is 18.9. The van der Waals surface area contributed by atoms with Gasteiger partial charge in [-0.15, -0.1) is 0 Å². The maximum Gasteiger partial charge on any atom is 0.303 e. The third kappa shape index (κ3) is 36.1. The Hall–Kier alpha value is -2.24. The number of carboxylic acid groups (broad SMARTS) is 4. The van der Waals surface area contributed by atoms with Crippen LogP contribution in [0.15, 0.2) is 0 Å². The van der Waals surface area contributed by atoms with Gasteiger partial charge in [0.2, 0.25) is 0 Å². The van der Waals surface area contributed by atoms with E-state index in [1.807, 2.05) is 5.48 Å². The molecule has 0 aromatic rings. The van der Waals surface area contributed by atoms with Crippen LogP contribution < -0.4 is 11.2 Å². The smallest absolute Gasteiger partial charge is 0.303 e. The Bertz CT molecular complexity index is 286. The average Bonchev–Trinajstić information content (AvgIpc) is 2.43. The molecule has 0 bridgehead atoms. The molecule has 8 N–H and O–H groups in total. The zero-order chi connectivity index (χ0) is 18.1. The minimum Gasteiger partial charge on any atom is -0.481 e. The monoisotopic (exact) mass is 326 g/mol. The van der Waals surface area contributed by atoms with Gasteiger partial charge in [0, 0.05) is 12.6 Å². The van der Waals surface area contributed by atoms with Crippen molar-refractivity contribution in [3.63, 3.8) is 0 Å². The van der Waals surface area contributed by atoms with E-state index in [2.05, 4.69) is 0 Å². The number of carbonyl (C=O) groups is 4. The molecule has 1 atom stereocenters. The Balaban J connectivity index is -0.000000249. The Morgan fingerprint density at radius 3 is 1.09 bits per heavy atom. The van der Waals surface area contributed by atoms with E-state index in [4.69, 9.17) is 31.4 Å². The lowest BCUT2D eigenvalue weighted by atomic mass is 10.3. The molecular weight excluding hydrogens is 304 g/mol. The molecule has 22 heavy (non-hydrogen) atoms. The molecule has 11 nitrogen and oxygen atoms in total. The number of hydroxylamine groups is 1. The zero-order valence-electron chi connectivity index (χ0n) is 12.1. The van der Waals surface area contributed by atoms with Gasteiger partial charge in [0.25, 0.3) is 0 Å². The molecule has 0 radical (unpaired) electrons. The maximum atomic E-state index is 9.64. The lowest BCUT2D eigenvalue weighted by molar-refractivity contribution is -0.143. The van der Waals surface area contributed by atoms with Gasteiger partial charge in [-0.05, 0) is 6.92 Å². The van der Waals surface area contributed by atoms with Crippen molar-refractivity contribution >= 4 is 23.9 Å². The number of nitrogens with two attached hydrogens (primary N) is 1. The van der Waals surface area contributed by atoms with E-state index in [0.29, 0.717) is 6.54 Å². The van der Waals surface area contributed by atoms with Gasteiger partial charge in [0.1, 0.15) is 0 Å². The van der Waals surface area contributed by atoms with E-state index in [9.17, 15) is 19.2 Å². The van der Waals surface area contributed by atoms with E-state index in [1.54, 1.807) is 6.92 Å². The lowest BCUT2D eigenvalue weighted by Crippen LogP contribution is -2.30. The number of hydrogen-bond donors (Lipinski definition) is 7. The zero-order valence-corrected chi connectivity index (χ0v) is 12.1. The minimum absolute atomic E-state index is 0.0185. The molecule has 0 aliphatic rings. The van der Waals surface area contributed by atoms with Crippen LogP contribution >= 0.6 is 0 Å². The molecule has 0 aromatic heterocycles. The SMILES string of the molecule is CC(CN)NO.O=C(O)CCC(=O)O.O=C(O)CCC(=O)O. The van der Waals surface area contributed by atoms with Crippen molar-refractivity contribution in [3.05, 3.63) is 0 Å². The molecule has 0 fully saturated rings. The molecule has 0 rings (SSSR count). The van der Waals surface area contributed by atoms with Gasteiger partial charge in [0.15, 0.2) is 0 Å². The molecule has 0 heterocycles. The highest BCUT2D eigenvalue weighted by Crippen LogP contribution is 1.86. The predicted octanol–water partition coefficient (Wildman–Crippen LogP) is -0.816. The van der Waals surface area contributed by atoms with Crippen LogP contribution in [0.25, 0.3) is 0 Å². The molecule has 0 amide bonds. The fraction of sp³-hybridized carbons (Fsp3) is 0.636. The number of hydrogen-bond acceptors (Lipinski definition) is 7. The van der Waals surface area contributed by atoms with Crippen LogP contribution in [-0.2, 0) is 19.2 Å². The average molecular weight is 326 g/mol. The maximum absolute atomic E-state index is 9.64. The number of aliphatic carboxylic acids is 4. The van der Waals surface area contributed by atoms with Crippen molar-refractivity contribution in [2.24, 2.45) is 5.73 Å². The summed E-state index contributed by atoms with van der Waals surface area (Å²) in [4.78, 5) is 38.6. The quantitative estimate of drug-likeness (QED) is 0.274. The molecule has 130 valence electrons. The van der Waals surface area contributed by atoms with Gasteiger partial charge in [-0.1, -0.05) is 0 Å². The first-order valence-corrected chi connectivity index (χ1v) is 6.03. The Labute approximate surface area is 126 Å². The van der Waals surface area contributed by atoms with Crippen LogP contribution in [0.1, 0.15) is 32.6 Å². The van der Waals surface area contributed by atoms with Gasteiger partial charge in [-0.2, -0.15) is 0 Å². The molecule has 0 spiro atoms. The highest BCUT2D eigenvalue weighted by molar-refractivity contribution is 5.75. The van der Waals surface area contributed by atoms with Crippen molar-refractivity contribution in [2.45, 2.75) is 38.6 Å². The molecular formula is C11H22N2O9. The summed E-state index contributed by atoms with van der Waals surface area (Å²) in [6, 6.07) is 0.0185. The summed E-state index contributed by atoms with van der Waals surface area (Å²) in [5.41, 5.74) is 7.05. The first-order chi connectivity index (χ1) is 10.1. The van der Waals surface area contributed by atoms with E-state index in [0.717, 1.165) is 0 Å². The third-order valence-corrected chi connectivity index (χ3v) is 1.68. The van der Waals surface area contributed by atoms with Gasteiger partial charge < -0.3 is 31.4 Å². The van der Waals surface area contributed by atoms with E-state index in [-0.39, 0.29) is 31.7 Å². The van der Waals surface area contributed by atoms with Crippen molar-refractivity contribution in [1.29, 1.82) is 0 Å². The fourth-order valence-electron chi connectivity index (χ4n) is 0.480. The van der Waals surface area contributed by atoms with Crippen LogP contribution in [0.4, 0.5) is 0 Å². The van der Waals surface area contributed by atoms with E-state index >= 15 is 0 Å². The van der Waals surface area contributed by atoms with Crippen LogP contribution in [0.2, 0.25) is 0 Å². The van der Waals surface area contributed by atoms with Crippen LogP contribution in [-0.4, -0.2) is 62.1 Å². The number of nitrogens with one attached hydrogen (secondary N) is 1. The van der Waals surface area contributed by atoms with Crippen molar-refractivity contribution in [3.8, 4) is 0 Å². The predicted molar refractivity (Wildman–Crippen MR) is 72.4 cm³/mol. The topological polar surface area (TPSA) is 207 Å². The van der Waals surface area contributed by atoms with Crippen molar-refractivity contribution < 1.29 is 44.8 Å². The second kappa shape index (κ2) is 16.8. The molecule has 0 aliphatic carbocycles. The number of carboxylic acids is 4. The molecule has 11 heteroatoms. The van der Waals surface area contributed by atoms with Crippen LogP contribution in [0.3, 0.4) is 0 Å². The second-order valence-corrected chi connectivity index (χ2v) is 3.84. The molecule has 0 aromatic carbocycles. The summed E-state index contributed by atoms with van der Waals surface area (Å²) in [5, 5.41) is 39.6. The van der Waals surface area contributed by atoms with Gasteiger partial charge in [-0.25, -0.2) is 5.48 Å². The van der Waals surface area contributed by atoms with Crippen molar-refractivity contribution in [1.82, 2.24) is 5.48 Å². The summed E-state index contributed by atoms with van der Waals surface area (Å²) < 4.78 is 0. The first-order valence-electron chi connectivity index (χ1n) is 6.03. The summed E-state index contributed by atoms with van der Waals surface area (Å²) in [6.07, 6.45) is -1.19. The van der Waals surface area contributed by atoms with Crippen molar-refractivity contribution in [2.75, 3.05) is 6.54 Å². The fourth-order valence-corrected chi connectivity index (χ4v) is 0.480. The normalized spacial score (nSPS) is 10.1. The van der Waals surface area contributed by atoms with Crippen LogP contribution in [0.5, 0.6) is 0 Å². The number of rotatable bonds is 8. The third-order valence-electron chi connectivity index (χ3n) is 1.68. The Morgan fingerprint density at radius 2 is 1.05 bits per heavy atom. The Morgan fingerprint density at radius 1 is 0.818 bits per heavy atom. The molecule has 0 saturated heterocycles. The lowest BCUT2D eigenvalue weighted by Gasteiger charge is -2.00. The summed E-state index contributed by atoms with van der Waals surface area (Å²) in [7, 11) is 0. The van der Waals surface area contributed by atoms with Gasteiger partial charge in [0.05, 0.1) is 25.7 Å². The first kappa shape index (κ1) is 24.8. The summed E-state index contributed by atoms with van der Waals surface area (Å²) >= 11 is 0. The molecule has 1 unspecified atom stereocenters. The standard InChI is InChI=1S/2C4H6O4.C3H10N2O/c2*5-3(6)1-2-4(7)8;1-3(2-4)5-6/h2*1-2H2,(H,5,6)(H,7,8);3,5-6H,2,4H2,1H3. The van der Waals surface area contributed by atoms with Gasteiger partial charge >= 0.3 is 23.9 Å². The van der Waals surface area contributed by atoms with E-state index in [1.165, 1.54) is 0 Å². The van der Waals surface area contributed by atoms with Gasteiger partial charge in [-0.3, -0.25) is 19.2 Å². The molecule has 0 saturated carbocycles. The minimum atomic E-state index is -1.08. The second-order valence-electron chi connectivity index (χ2n) is 3.84. The highest BCUT2D eigenvalue weighted by Gasteiger charge is 2.01. The molecule has 0 aliphatic heterocycles. The highest BCUT2D eigenvalue weighted by atomic mass is 16.5. The summed E-state index contributed by atoms with van der Waals surface area (Å²) in [5.74, 6) is -4.31. The van der Waals surface area contributed by atoms with Crippen LogP contribution in [0, 0.1) is 0 Å². The largest absolute Gasteiger partial charge is 0.481 e.